The first-order valence-corrected chi connectivity index (χ1v) is 4.74. The van der Waals surface area contributed by atoms with Gasteiger partial charge in [0.05, 0.1) is 6.04 Å². The van der Waals surface area contributed by atoms with Crippen LogP contribution in [-0.2, 0) is 6.42 Å². The largest absolute Gasteiger partial charge is 0.377 e. The first-order valence-electron chi connectivity index (χ1n) is 4.74. The summed E-state index contributed by atoms with van der Waals surface area (Å²) in [5, 5.41) is 3.42. The van der Waals surface area contributed by atoms with Crippen LogP contribution in [0.15, 0.2) is 29.3 Å². The van der Waals surface area contributed by atoms with Crippen molar-refractivity contribution in [3.63, 3.8) is 0 Å². The summed E-state index contributed by atoms with van der Waals surface area (Å²) in [6.45, 7) is 2.92. The summed E-state index contributed by atoms with van der Waals surface area (Å²) in [4.78, 5) is 4.25. The zero-order valence-electron chi connectivity index (χ0n) is 7.83. The Morgan fingerprint density at radius 2 is 2.38 bits per heavy atom. The summed E-state index contributed by atoms with van der Waals surface area (Å²) in [5.41, 5.74) is 2.66. The highest BCUT2D eigenvalue weighted by Gasteiger charge is 2.17. The van der Waals surface area contributed by atoms with Crippen LogP contribution in [0.2, 0.25) is 0 Å². The maximum absolute atomic E-state index is 4.25. The minimum Gasteiger partial charge on any atom is -0.377 e. The normalized spacial score (nSPS) is 20.2. The van der Waals surface area contributed by atoms with Crippen LogP contribution < -0.4 is 5.32 Å². The predicted octanol–water partition coefficient (Wildman–Crippen LogP) is 2.11. The number of benzene rings is 1. The molecule has 2 rings (SSSR count). The Morgan fingerprint density at radius 1 is 1.54 bits per heavy atom. The fourth-order valence-electron chi connectivity index (χ4n) is 1.65. The first kappa shape index (κ1) is 8.30. The first-order chi connectivity index (χ1) is 6.40. The number of hydrogen-bond acceptors (Lipinski definition) is 2. The highest BCUT2D eigenvalue weighted by molar-refractivity contribution is 5.74. The van der Waals surface area contributed by atoms with E-state index in [9.17, 15) is 0 Å². The van der Waals surface area contributed by atoms with E-state index in [1.807, 2.05) is 6.21 Å². The van der Waals surface area contributed by atoms with E-state index in [-0.39, 0.29) is 0 Å². The van der Waals surface area contributed by atoms with Crippen molar-refractivity contribution >= 4 is 11.9 Å². The van der Waals surface area contributed by atoms with Gasteiger partial charge in [-0.05, 0) is 25.0 Å². The summed E-state index contributed by atoms with van der Waals surface area (Å²) in [5.74, 6) is 0. The topological polar surface area (TPSA) is 24.4 Å². The molecule has 0 amide bonds. The van der Waals surface area contributed by atoms with E-state index in [4.69, 9.17) is 0 Å². The van der Waals surface area contributed by atoms with Crippen LogP contribution in [0.5, 0.6) is 0 Å². The van der Waals surface area contributed by atoms with Crippen LogP contribution in [-0.4, -0.2) is 18.8 Å². The molecule has 13 heavy (non-hydrogen) atoms. The number of fused-ring (bicyclic) bond motifs is 1. The van der Waals surface area contributed by atoms with Crippen LogP contribution in [0, 0.1) is 0 Å². The molecular weight excluding hydrogens is 160 g/mol. The summed E-state index contributed by atoms with van der Waals surface area (Å²) in [6, 6.07) is 8.83. The summed E-state index contributed by atoms with van der Waals surface area (Å²) < 4.78 is 0. The molecule has 1 aromatic carbocycles. The zero-order valence-corrected chi connectivity index (χ0v) is 7.83. The molecular formula is C11H14N2. The smallest absolute Gasteiger partial charge is 0.0652 e. The van der Waals surface area contributed by atoms with Gasteiger partial charge in [0.2, 0.25) is 0 Å². The molecule has 0 fully saturated rings. The third-order valence-electron chi connectivity index (χ3n) is 2.27. The van der Waals surface area contributed by atoms with Crippen LogP contribution in [0.4, 0.5) is 5.69 Å². The maximum atomic E-state index is 4.25. The van der Waals surface area contributed by atoms with Gasteiger partial charge in [0, 0.05) is 18.4 Å². The van der Waals surface area contributed by atoms with E-state index in [1.54, 1.807) is 0 Å². The minimum absolute atomic E-state index is 0.400. The lowest BCUT2D eigenvalue weighted by Gasteiger charge is -2.02. The molecule has 1 heterocycles. The van der Waals surface area contributed by atoms with Crippen molar-refractivity contribution in [2.24, 2.45) is 4.99 Å². The Kier molecular flexibility index (Phi) is 2.30. The molecule has 0 radical (unpaired) electrons. The number of hydrogen-bond donors (Lipinski definition) is 1. The molecule has 2 nitrogen and oxygen atoms in total. The third kappa shape index (κ3) is 1.72. The van der Waals surface area contributed by atoms with Gasteiger partial charge in [-0.3, -0.25) is 4.99 Å². The fourth-order valence-corrected chi connectivity index (χ4v) is 1.65. The Balaban J connectivity index is 2.09. The van der Waals surface area contributed by atoms with Crippen molar-refractivity contribution in [3.05, 3.63) is 29.8 Å². The van der Waals surface area contributed by atoms with Crippen molar-refractivity contribution in [3.8, 4) is 0 Å². The van der Waals surface area contributed by atoms with Gasteiger partial charge in [0.1, 0.15) is 0 Å². The quantitative estimate of drug-likeness (QED) is 0.682. The summed E-state index contributed by atoms with van der Waals surface area (Å²) in [7, 11) is 0. The van der Waals surface area contributed by atoms with Crippen LogP contribution >= 0.6 is 0 Å². The van der Waals surface area contributed by atoms with E-state index in [0.29, 0.717) is 6.04 Å². The summed E-state index contributed by atoms with van der Waals surface area (Å²) >= 11 is 0. The maximum Gasteiger partial charge on any atom is 0.0652 e. The average Bonchev–Trinajstić information content (AvgIpc) is 2.57. The van der Waals surface area contributed by atoms with Gasteiger partial charge in [-0.2, -0.15) is 0 Å². The van der Waals surface area contributed by atoms with Gasteiger partial charge in [-0.15, -0.1) is 0 Å². The van der Waals surface area contributed by atoms with Crippen molar-refractivity contribution in [2.75, 3.05) is 11.9 Å². The van der Waals surface area contributed by atoms with Crippen molar-refractivity contribution in [1.29, 1.82) is 0 Å². The van der Waals surface area contributed by atoms with Gasteiger partial charge in [-0.1, -0.05) is 18.2 Å². The molecule has 1 aliphatic heterocycles. The lowest BCUT2D eigenvalue weighted by Crippen LogP contribution is -2.16. The molecule has 1 aliphatic rings. The van der Waals surface area contributed by atoms with Crippen LogP contribution in [0.1, 0.15) is 12.5 Å². The second-order valence-electron chi connectivity index (χ2n) is 3.26. The molecule has 0 saturated carbocycles. The number of para-hydroxylation sites is 1. The Labute approximate surface area is 78.7 Å². The number of rotatable bonds is 2. The monoisotopic (exact) mass is 174 g/mol. The third-order valence-corrected chi connectivity index (χ3v) is 2.27. The highest BCUT2D eigenvalue weighted by atomic mass is 15.0. The van der Waals surface area contributed by atoms with E-state index < -0.39 is 0 Å². The second-order valence-corrected chi connectivity index (χ2v) is 3.26. The molecule has 0 aromatic heterocycles. The Bertz CT molecular complexity index is 293. The molecule has 2 heteroatoms. The Morgan fingerprint density at radius 3 is 3.15 bits per heavy atom. The molecule has 1 atom stereocenters. The molecule has 68 valence electrons. The molecule has 1 aromatic rings. The van der Waals surface area contributed by atoms with E-state index >= 15 is 0 Å². The summed E-state index contributed by atoms with van der Waals surface area (Å²) in [6.07, 6.45) is 3.08. The standard InChI is InChI=1S/C11H14N2/c1-2-12-8-10-7-9-5-3-4-6-11(9)13-10/h3-6,8,10,13H,2,7H2,1H3/t10-/m0/s1. The number of anilines is 1. The van der Waals surface area contributed by atoms with Crippen LogP contribution in [0.3, 0.4) is 0 Å². The number of aliphatic imine (C=N–C) groups is 1. The van der Waals surface area contributed by atoms with Gasteiger partial charge in [0.25, 0.3) is 0 Å². The minimum atomic E-state index is 0.400. The molecule has 0 aliphatic carbocycles. The Hall–Kier alpha value is -1.31. The lowest BCUT2D eigenvalue weighted by molar-refractivity contribution is 0.972. The second kappa shape index (κ2) is 3.60. The number of nitrogens with one attached hydrogen (secondary N) is 1. The highest BCUT2D eigenvalue weighted by Crippen LogP contribution is 2.24. The van der Waals surface area contributed by atoms with Crippen LogP contribution in [0.25, 0.3) is 0 Å². The van der Waals surface area contributed by atoms with Crippen molar-refractivity contribution < 1.29 is 0 Å². The lowest BCUT2D eigenvalue weighted by atomic mass is 10.1. The molecule has 0 spiro atoms. The number of nitrogens with zero attached hydrogens (tertiary/aromatic N) is 1. The van der Waals surface area contributed by atoms with E-state index in [1.165, 1.54) is 11.3 Å². The van der Waals surface area contributed by atoms with Crippen molar-refractivity contribution in [2.45, 2.75) is 19.4 Å². The van der Waals surface area contributed by atoms with Gasteiger partial charge >= 0.3 is 0 Å². The average molecular weight is 174 g/mol. The van der Waals surface area contributed by atoms with E-state index in [2.05, 4.69) is 41.5 Å². The van der Waals surface area contributed by atoms with Gasteiger partial charge in [0.15, 0.2) is 0 Å². The molecule has 0 saturated heterocycles. The van der Waals surface area contributed by atoms with E-state index in [0.717, 1.165) is 13.0 Å². The predicted molar refractivity (Wildman–Crippen MR) is 56.6 cm³/mol. The van der Waals surface area contributed by atoms with Crippen molar-refractivity contribution in [1.82, 2.24) is 0 Å². The van der Waals surface area contributed by atoms with Gasteiger partial charge in [-0.25, -0.2) is 0 Å². The molecule has 0 unspecified atom stereocenters. The SMILES string of the molecule is CCN=C[C@@H]1Cc2ccccc2N1. The van der Waals surface area contributed by atoms with Gasteiger partial charge < -0.3 is 5.32 Å². The molecule has 1 N–H and O–H groups in total. The molecule has 0 bridgehead atoms. The fraction of sp³-hybridized carbons (Fsp3) is 0.364. The zero-order chi connectivity index (χ0) is 9.10.